The molecule has 0 aromatic carbocycles. The van der Waals surface area contributed by atoms with E-state index in [1.165, 1.54) is 0 Å². The number of fused-ring (bicyclic) bond motifs is 1. The lowest BCUT2D eigenvalue weighted by Crippen LogP contribution is -2.39. The maximum absolute atomic E-state index is 12.5. The number of amides is 1. The first kappa shape index (κ1) is 18.2. The molecule has 0 radical (unpaired) electrons. The molecule has 8 heteroatoms. The number of nitrogens with one attached hydrogen (secondary N) is 2. The minimum Gasteiger partial charge on any atom is -0.481 e. The van der Waals surface area contributed by atoms with Gasteiger partial charge in [0.1, 0.15) is 0 Å². The fourth-order valence-electron chi connectivity index (χ4n) is 3.83. The van der Waals surface area contributed by atoms with Crippen molar-refractivity contribution in [1.82, 2.24) is 20.1 Å². The molecule has 140 valence electrons. The molecule has 1 saturated carbocycles. The Balaban J connectivity index is 1.73. The zero-order valence-electron chi connectivity index (χ0n) is 15.3. The van der Waals surface area contributed by atoms with Crippen LogP contribution in [0, 0.1) is 19.8 Å². The number of hydrogen-bond acceptors (Lipinski definition) is 4. The molecule has 1 fully saturated rings. The number of aryl methyl sites for hydroxylation is 3. The summed E-state index contributed by atoms with van der Waals surface area (Å²) in [5.74, 6) is -1.18. The molecule has 3 N–H and O–H groups in total. The van der Waals surface area contributed by atoms with Gasteiger partial charge in [-0.15, -0.1) is 0 Å². The Morgan fingerprint density at radius 2 is 1.92 bits per heavy atom. The van der Waals surface area contributed by atoms with E-state index < -0.39 is 5.97 Å². The molecule has 1 aliphatic rings. The lowest BCUT2D eigenvalue weighted by Gasteiger charge is -2.27. The van der Waals surface area contributed by atoms with E-state index >= 15 is 0 Å². The molecule has 3 rings (SSSR count). The van der Waals surface area contributed by atoms with E-state index in [-0.39, 0.29) is 29.8 Å². The van der Waals surface area contributed by atoms with Gasteiger partial charge >= 0.3 is 5.97 Å². The number of nitrogens with zero attached hydrogens (tertiary/aromatic N) is 2. The second-order valence-electron chi connectivity index (χ2n) is 7.13. The maximum atomic E-state index is 12.5. The summed E-state index contributed by atoms with van der Waals surface area (Å²) in [6.07, 6.45) is 2.69. The van der Waals surface area contributed by atoms with E-state index in [1.807, 2.05) is 13.8 Å². The molecule has 1 amide bonds. The summed E-state index contributed by atoms with van der Waals surface area (Å²) >= 11 is 0. The quantitative estimate of drug-likeness (QED) is 0.757. The van der Waals surface area contributed by atoms with E-state index in [2.05, 4.69) is 15.4 Å². The summed E-state index contributed by atoms with van der Waals surface area (Å²) in [5, 5.41) is 15.3. The molecule has 0 aliphatic heterocycles. The second-order valence-corrected chi connectivity index (χ2v) is 7.13. The van der Waals surface area contributed by atoms with Crippen LogP contribution in [-0.4, -0.2) is 37.8 Å². The van der Waals surface area contributed by atoms with Gasteiger partial charge in [-0.05, 0) is 50.7 Å². The van der Waals surface area contributed by atoms with Crippen LogP contribution in [0.1, 0.15) is 42.5 Å². The van der Waals surface area contributed by atoms with Crippen molar-refractivity contribution >= 4 is 22.9 Å². The van der Waals surface area contributed by atoms with Crippen LogP contribution in [0.5, 0.6) is 0 Å². The molecule has 2 heterocycles. The van der Waals surface area contributed by atoms with Crippen LogP contribution in [0.3, 0.4) is 0 Å². The number of aromatic nitrogens is 3. The number of H-pyrrole nitrogens is 1. The average molecular weight is 360 g/mol. The molecule has 1 aliphatic carbocycles. The zero-order valence-corrected chi connectivity index (χ0v) is 15.3. The Hall–Kier alpha value is -2.64. The molecule has 26 heavy (non-hydrogen) atoms. The van der Waals surface area contributed by atoms with Gasteiger partial charge in [0.05, 0.1) is 17.7 Å². The van der Waals surface area contributed by atoms with E-state index in [4.69, 9.17) is 5.11 Å². The Labute approximate surface area is 150 Å². The van der Waals surface area contributed by atoms with E-state index in [9.17, 15) is 14.4 Å². The Kier molecular flexibility index (Phi) is 4.84. The van der Waals surface area contributed by atoms with Crippen molar-refractivity contribution in [3.63, 3.8) is 0 Å². The fourth-order valence-corrected chi connectivity index (χ4v) is 3.83. The highest BCUT2D eigenvalue weighted by atomic mass is 16.4. The van der Waals surface area contributed by atoms with Gasteiger partial charge in [-0.1, -0.05) is 0 Å². The van der Waals surface area contributed by atoms with E-state index in [0.717, 1.165) is 16.8 Å². The van der Waals surface area contributed by atoms with Crippen molar-refractivity contribution < 1.29 is 14.7 Å². The molecule has 0 bridgehead atoms. The van der Waals surface area contributed by atoms with E-state index in [1.54, 1.807) is 11.7 Å². The Morgan fingerprint density at radius 1 is 1.27 bits per heavy atom. The summed E-state index contributed by atoms with van der Waals surface area (Å²) in [7, 11) is 1.73. The van der Waals surface area contributed by atoms with Crippen molar-refractivity contribution in [2.24, 2.45) is 13.0 Å². The smallest absolute Gasteiger partial charge is 0.306 e. The Morgan fingerprint density at radius 3 is 2.54 bits per heavy atom. The van der Waals surface area contributed by atoms with Gasteiger partial charge in [0.25, 0.3) is 5.56 Å². The van der Waals surface area contributed by atoms with Crippen LogP contribution >= 0.6 is 0 Å². The number of rotatable bonds is 4. The minimum absolute atomic E-state index is 0.00975. The third-order valence-corrected chi connectivity index (χ3v) is 5.35. The largest absolute Gasteiger partial charge is 0.481 e. The van der Waals surface area contributed by atoms with Crippen molar-refractivity contribution in [2.75, 3.05) is 0 Å². The minimum atomic E-state index is -0.756. The summed E-state index contributed by atoms with van der Waals surface area (Å²) in [4.78, 5) is 40.1. The number of hydrogen-bond donors (Lipinski definition) is 3. The van der Waals surface area contributed by atoms with Crippen molar-refractivity contribution in [3.05, 3.63) is 27.2 Å². The lowest BCUT2D eigenvalue weighted by molar-refractivity contribution is -0.142. The van der Waals surface area contributed by atoms with Crippen molar-refractivity contribution in [3.8, 4) is 0 Å². The molecule has 8 nitrogen and oxygen atoms in total. The van der Waals surface area contributed by atoms with Crippen LogP contribution in [0.25, 0.3) is 11.0 Å². The molecular weight excluding hydrogens is 336 g/mol. The standard InChI is InChI=1S/C18H24N4O4/c1-9-13(10(2)19-16-15(9)17(24)21-22(16)3)8-14(23)20-12-6-4-11(5-7-12)18(25)26/h11-12H,4-8H2,1-3H3,(H,20,23)(H,21,24)(H,25,26). The summed E-state index contributed by atoms with van der Waals surface area (Å²) < 4.78 is 1.59. The van der Waals surface area contributed by atoms with Crippen molar-refractivity contribution in [2.45, 2.75) is 52.0 Å². The highest BCUT2D eigenvalue weighted by Gasteiger charge is 2.27. The number of carboxylic acid groups (broad SMARTS) is 1. The highest BCUT2D eigenvalue weighted by molar-refractivity contribution is 5.84. The van der Waals surface area contributed by atoms with Gasteiger partial charge in [-0.3, -0.25) is 24.2 Å². The summed E-state index contributed by atoms with van der Waals surface area (Å²) in [6.45, 7) is 3.68. The van der Waals surface area contributed by atoms with Crippen molar-refractivity contribution in [1.29, 1.82) is 0 Å². The van der Waals surface area contributed by atoms with Crippen LogP contribution in [0.2, 0.25) is 0 Å². The second kappa shape index (κ2) is 6.93. The predicted octanol–water partition coefficient (Wildman–Crippen LogP) is 1.18. The highest BCUT2D eigenvalue weighted by Crippen LogP contribution is 2.25. The zero-order chi connectivity index (χ0) is 19.0. The van der Waals surface area contributed by atoms with Crippen LogP contribution in [0.4, 0.5) is 0 Å². The number of pyridine rings is 1. The fraction of sp³-hybridized carbons (Fsp3) is 0.556. The first-order valence-corrected chi connectivity index (χ1v) is 8.85. The Bertz CT molecular complexity index is 919. The monoisotopic (exact) mass is 360 g/mol. The number of aliphatic carboxylic acids is 1. The van der Waals surface area contributed by atoms with Gasteiger partial charge in [-0.2, -0.15) is 0 Å². The van der Waals surface area contributed by atoms with Gasteiger partial charge in [0.15, 0.2) is 5.65 Å². The molecular formula is C18H24N4O4. The molecule has 2 aromatic rings. The lowest BCUT2D eigenvalue weighted by atomic mass is 9.86. The number of aromatic amines is 1. The van der Waals surface area contributed by atoms with E-state index in [0.29, 0.717) is 36.7 Å². The third-order valence-electron chi connectivity index (χ3n) is 5.35. The first-order chi connectivity index (χ1) is 12.3. The topological polar surface area (TPSA) is 117 Å². The SMILES string of the molecule is Cc1nc2c(c(C)c1CC(=O)NC1CCC(C(=O)O)CC1)c(=O)[nH]n2C. The van der Waals surface area contributed by atoms with Crippen LogP contribution in [-0.2, 0) is 23.1 Å². The molecule has 0 atom stereocenters. The summed E-state index contributed by atoms with van der Waals surface area (Å²) in [6, 6.07) is 0.00975. The van der Waals surface area contributed by atoms with Crippen LogP contribution in [0.15, 0.2) is 4.79 Å². The normalized spacial score (nSPS) is 20.3. The number of carboxylic acids is 1. The predicted molar refractivity (Wildman–Crippen MR) is 96.0 cm³/mol. The van der Waals surface area contributed by atoms with Gasteiger partial charge < -0.3 is 10.4 Å². The third kappa shape index (κ3) is 3.36. The first-order valence-electron chi connectivity index (χ1n) is 8.85. The summed E-state index contributed by atoms with van der Waals surface area (Å²) in [5.41, 5.74) is 2.65. The maximum Gasteiger partial charge on any atom is 0.306 e. The molecule has 2 aromatic heterocycles. The number of carbonyl (C=O) groups is 2. The molecule has 0 unspecified atom stereocenters. The van der Waals surface area contributed by atoms with Gasteiger partial charge in [0, 0.05) is 18.8 Å². The average Bonchev–Trinajstić information content (AvgIpc) is 2.86. The number of carbonyl (C=O) groups excluding carboxylic acids is 1. The van der Waals surface area contributed by atoms with Gasteiger partial charge in [0.2, 0.25) is 5.91 Å². The molecule has 0 spiro atoms. The van der Waals surface area contributed by atoms with Gasteiger partial charge in [-0.25, -0.2) is 4.98 Å². The molecule has 0 saturated heterocycles. The van der Waals surface area contributed by atoms with Crippen LogP contribution < -0.4 is 10.9 Å².